The fraction of sp³-hybridized carbons (Fsp3) is 0.130. The molecule has 0 aliphatic heterocycles. The number of amides is 2. The number of nitrogens with one attached hydrogen (secondary N) is 2. The van der Waals surface area contributed by atoms with Crippen molar-refractivity contribution < 1.29 is 14.3 Å². The third-order valence-electron chi connectivity index (χ3n) is 4.54. The maximum Gasteiger partial charge on any atom is 0.323 e. The number of rotatable bonds is 6. The van der Waals surface area contributed by atoms with Crippen molar-refractivity contribution in [3.63, 3.8) is 0 Å². The first-order chi connectivity index (χ1) is 15.5. The summed E-state index contributed by atoms with van der Waals surface area (Å²) in [6, 6.07) is 17.4. The summed E-state index contributed by atoms with van der Waals surface area (Å²) in [5.41, 5.74) is 3.06. The standard InChI is InChI=1S/C23H22N6O3/c1-15-12-16(2)29(28-15)21-13-22(25-14-24-21)32-18-10-8-17(9-11-18)26-23(30)27-19-6-4-5-7-20(19)31-3/h4-14H,1-3H3,(H2,26,27,30). The minimum atomic E-state index is -0.381. The van der Waals surface area contributed by atoms with Crippen molar-refractivity contribution in [2.45, 2.75) is 13.8 Å². The molecule has 2 amide bonds. The Morgan fingerprint density at radius 1 is 0.969 bits per heavy atom. The van der Waals surface area contributed by atoms with Gasteiger partial charge in [0, 0.05) is 17.4 Å². The Labute approximate surface area is 185 Å². The van der Waals surface area contributed by atoms with Gasteiger partial charge in [-0.05, 0) is 56.3 Å². The van der Waals surface area contributed by atoms with Crippen molar-refractivity contribution in [1.82, 2.24) is 19.7 Å². The zero-order valence-electron chi connectivity index (χ0n) is 17.9. The molecule has 2 aromatic carbocycles. The Hall–Kier alpha value is -4.40. The van der Waals surface area contributed by atoms with Gasteiger partial charge in [0.05, 0.1) is 18.5 Å². The highest BCUT2D eigenvalue weighted by Crippen LogP contribution is 2.25. The number of ether oxygens (including phenoxy) is 2. The van der Waals surface area contributed by atoms with E-state index in [0.29, 0.717) is 34.6 Å². The van der Waals surface area contributed by atoms with Crippen LogP contribution in [-0.2, 0) is 0 Å². The highest BCUT2D eigenvalue weighted by atomic mass is 16.5. The minimum absolute atomic E-state index is 0.381. The van der Waals surface area contributed by atoms with Crippen LogP contribution in [0.4, 0.5) is 16.2 Å². The number of nitrogens with zero attached hydrogens (tertiary/aromatic N) is 4. The molecule has 2 heterocycles. The zero-order chi connectivity index (χ0) is 22.5. The minimum Gasteiger partial charge on any atom is -0.495 e. The summed E-state index contributed by atoms with van der Waals surface area (Å²) >= 11 is 0. The monoisotopic (exact) mass is 430 g/mol. The van der Waals surface area contributed by atoms with Gasteiger partial charge in [-0.1, -0.05) is 12.1 Å². The molecule has 0 atom stereocenters. The summed E-state index contributed by atoms with van der Waals surface area (Å²) in [5.74, 6) is 2.15. The second-order valence-corrected chi connectivity index (χ2v) is 6.96. The molecule has 9 heteroatoms. The van der Waals surface area contributed by atoms with Crippen LogP contribution in [0.5, 0.6) is 17.4 Å². The van der Waals surface area contributed by atoms with E-state index in [4.69, 9.17) is 9.47 Å². The van der Waals surface area contributed by atoms with E-state index in [2.05, 4.69) is 25.7 Å². The molecule has 0 fully saturated rings. The predicted molar refractivity (Wildman–Crippen MR) is 121 cm³/mol. The van der Waals surface area contributed by atoms with Gasteiger partial charge in [0.25, 0.3) is 0 Å². The molecule has 2 N–H and O–H groups in total. The molecule has 0 aliphatic carbocycles. The summed E-state index contributed by atoms with van der Waals surface area (Å²) in [6.45, 7) is 3.88. The van der Waals surface area contributed by atoms with Crippen LogP contribution in [0.2, 0.25) is 0 Å². The Morgan fingerprint density at radius 3 is 2.47 bits per heavy atom. The van der Waals surface area contributed by atoms with Crippen LogP contribution in [0, 0.1) is 13.8 Å². The quantitative estimate of drug-likeness (QED) is 0.459. The molecular weight excluding hydrogens is 408 g/mol. The number of methoxy groups -OCH3 is 1. The number of anilines is 2. The molecule has 4 aromatic rings. The lowest BCUT2D eigenvalue weighted by atomic mass is 10.3. The summed E-state index contributed by atoms with van der Waals surface area (Å²) in [6.07, 6.45) is 1.43. The van der Waals surface area contributed by atoms with Gasteiger partial charge in [-0.15, -0.1) is 0 Å². The molecule has 0 saturated heterocycles. The molecule has 0 aliphatic rings. The van der Waals surface area contributed by atoms with Crippen molar-refractivity contribution in [2.24, 2.45) is 0 Å². The Balaban J connectivity index is 1.40. The van der Waals surface area contributed by atoms with Crippen LogP contribution in [0.3, 0.4) is 0 Å². The van der Waals surface area contributed by atoms with Gasteiger partial charge in [-0.25, -0.2) is 19.4 Å². The molecule has 4 rings (SSSR count). The summed E-state index contributed by atoms with van der Waals surface area (Å²) in [7, 11) is 1.55. The van der Waals surface area contributed by atoms with Gasteiger partial charge in [0.1, 0.15) is 17.8 Å². The average Bonchev–Trinajstić information content (AvgIpc) is 3.13. The SMILES string of the molecule is COc1ccccc1NC(=O)Nc1ccc(Oc2cc(-n3nc(C)cc3C)ncn2)cc1. The number of benzene rings is 2. The van der Waals surface area contributed by atoms with E-state index in [1.807, 2.05) is 32.0 Å². The van der Waals surface area contributed by atoms with Gasteiger partial charge < -0.3 is 20.1 Å². The first-order valence-electron chi connectivity index (χ1n) is 9.86. The molecular formula is C23H22N6O3. The largest absolute Gasteiger partial charge is 0.495 e. The molecule has 9 nitrogen and oxygen atoms in total. The number of urea groups is 1. The van der Waals surface area contributed by atoms with E-state index < -0.39 is 0 Å². The average molecular weight is 430 g/mol. The van der Waals surface area contributed by atoms with E-state index in [1.54, 1.807) is 54.3 Å². The van der Waals surface area contributed by atoms with Gasteiger partial charge >= 0.3 is 6.03 Å². The number of aryl methyl sites for hydroxylation is 2. The van der Waals surface area contributed by atoms with Crippen LogP contribution in [0.15, 0.2) is 67.0 Å². The van der Waals surface area contributed by atoms with Crippen LogP contribution >= 0.6 is 0 Å². The smallest absolute Gasteiger partial charge is 0.323 e. The molecule has 0 radical (unpaired) electrons. The van der Waals surface area contributed by atoms with E-state index in [1.165, 1.54) is 6.33 Å². The van der Waals surface area contributed by atoms with Crippen molar-refractivity contribution in [3.8, 4) is 23.2 Å². The molecule has 32 heavy (non-hydrogen) atoms. The maximum atomic E-state index is 12.3. The fourth-order valence-corrected chi connectivity index (χ4v) is 3.12. The highest BCUT2D eigenvalue weighted by molar-refractivity contribution is 6.00. The molecule has 0 saturated carbocycles. The van der Waals surface area contributed by atoms with E-state index in [9.17, 15) is 4.79 Å². The molecule has 0 spiro atoms. The highest BCUT2D eigenvalue weighted by Gasteiger charge is 2.09. The molecule has 162 valence electrons. The van der Waals surface area contributed by atoms with Crippen LogP contribution in [0.1, 0.15) is 11.4 Å². The molecule has 2 aromatic heterocycles. The Bertz CT molecular complexity index is 1240. The van der Waals surface area contributed by atoms with E-state index in [0.717, 1.165) is 11.4 Å². The number of carbonyl (C=O) groups excluding carboxylic acids is 1. The lowest BCUT2D eigenvalue weighted by molar-refractivity contribution is 0.262. The van der Waals surface area contributed by atoms with Gasteiger partial charge in [-0.2, -0.15) is 5.10 Å². The first kappa shape index (κ1) is 20.9. The van der Waals surface area contributed by atoms with Crippen molar-refractivity contribution in [3.05, 3.63) is 78.4 Å². The molecule has 0 unspecified atom stereocenters. The zero-order valence-corrected chi connectivity index (χ0v) is 17.9. The van der Waals surface area contributed by atoms with E-state index >= 15 is 0 Å². The number of hydrogen-bond donors (Lipinski definition) is 2. The second kappa shape index (κ2) is 9.17. The fourth-order valence-electron chi connectivity index (χ4n) is 3.12. The van der Waals surface area contributed by atoms with Crippen LogP contribution in [0.25, 0.3) is 5.82 Å². The van der Waals surface area contributed by atoms with Crippen molar-refractivity contribution >= 4 is 17.4 Å². The second-order valence-electron chi connectivity index (χ2n) is 6.96. The number of carbonyl (C=O) groups is 1. The lowest BCUT2D eigenvalue weighted by Gasteiger charge is -2.11. The lowest BCUT2D eigenvalue weighted by Crippen LogP contribution is -2.19. The summed E-state index contributed by atoms with van der Waals surface area (Å²) in [4.78, 5) is 20.7. The third kappa shape index (κ3) is 4.84. The van der Waals surface area contributed by atoms with Crippen molar-refractivity contribution in [1.29, 1.82) is 0 Å². The first-order valence-corrected chi connectivity index (χ1v) is 9.86. The van der Waals surface area contributed by atoms with Gasteiger partial charge in [-0.3, -0.25) is 0 Å². The summed E-state index contributed by atoms with van der Waals surface area (Å²) in [5, 5.41) is 9.96. The number of para-hydroxylation sites is 2. The normalized spacial score (nSPS) is 10.5. The van der Waals surface area contributed by atoms with Crippen LogP contribution < -0.4 is 20.1 Å². The topological polar surface area (TPSA) is 103 Å². The third-order valence-corrected chi connectivity index (χ3v) is 4.54. The van der Waals surface area contributed by atoms with Gasteiger partial charge in [0.15, 0.2) is 5.82 Å². The predicted octanol–water partition coefficient (Wildman–Crippen LogP) is 4.72. The Morgan fingerprint density at radius 2 is 1.75 bits per heavy atom. The van der Waals surface area contributed by atoms with Gasteiger partial charge in [0.2, 0.25) is 5.88 Å². The Kier molecular flexibility index (Phi) is 5.98. The molecule has 0 bridgehead atoms. The van der Waals surface area contributed by atoms with Crippen molar-refractivity contribution in [2.75, 3.05) is 17.7 Å². The summed E-state index contributed by atoms with van der Waals surface area (Å²) < 4.78 is 12.8. The number of hydrogen-bond acceptors (Lipinski definition) is 6. The van der Waals surface area contributed by atoms with Crippen LogP contribution in [-0.4, -0.2) is 32.9 Å². The van der Waals surface area contributed by atoms with E-state index in [-0.39, 0.29) is 6.03 Å². The number of aromatic nitrogens is 4. The maximum absolute atomic E-state index is 12.3.